The number of ether oxygens (including phenoxy) is 1. The van der Waals surface area contributed by atoms with E-state index in [1.54, 1.807) is 31.2 Å². The van der Waals surface area contributed by atoms with Crippen LogP contribution in [0.3, 0.4) is 0 Å². The van der Waals surface area contributed by atoms with E-state index in [-0.39, 0.29) is 0 Å². The van der Waals surface area contributed by atoms with Crippen molar-refractivity contribution in [1.29, 1.82) is 0 Å². The summed E-state index contributed by atoms with van der Waals surface area (Å²) in [6.45, 7) is 3.76. The van der Waals surface area contributed by atoms with Crippen LogP contribution in [0.15, 0.2) is 24.3 Å². The first-order valence-corrected chi connectivity index (χ1v) is 5.23. The molecule has 0 heterocycles. The number of hydrogen-bond donors (Lipinski definition) is 1. The predicted octanol–water partition coefficient (Wildman–Crippen LogP) is 2.79. The van der Waals surface area contributed by atoms with Crippen LogP contribution in [0, 0.1) is 0 Å². The van der Waals surface area contributed by atoms with Crippen molar-refractivity contribution in [3.63, 3.8) is 0 Å². The summed E-state index contributed by atoms with van der Waals surface area (Å²) in [6.07, 6.45) is -2.50. The van der Waals surface area contributed by atoms with E-state index in [0.29, 0.717) is 17.9 Å². The Balaban J connectivity index is 3.20. The van der Waals surface area contributed by atoms with Crippen LogP contribution in [0.5, 0.6) is 5.75 Å². The Morgan fingerprint density at radius 2 is 2.00 bits per heavy atom. The molecule has 16 heavy (non-hydrogen) atoms. The molecule has 0 aromatic heterocycles. The second-order valence-corrected chi connectivity index (χ2v) is 3.73. The fourth-order valence-corrected chi connectivity index (χ4v) is 1.73. The van der Waals surface area contributed by atoms with Crippen LogP contribution in [0.4, 0.5) is 8.78 Å². The summed E-state index contributed by atoms with van der Waals surface area (Å²) in [5.74, 6) is 0.478. The fraction of sp³-hybridized carbons (Fsp3) is 0.500. The summed E-state index contributed by atoms with van der Waals surface area (Å²) in [5, 5.41) is 2.82. The molecule has 1 unspecified atom stereocenters. The minimum Gasteiger partial charge on any atom is -0.496 e. The Morgan fingerprint density at radius 3 is 2.50 bits per heavy atom. The highest BCUT2D eigenvalue weighted by Crippen LogP contribution is 2.34. The van der Waals surface area contributed by atoms with Crippen LogP contribution in [-0.4, -0.2) is 20.1 Å². The van der Waals surface area contributed by atoms with Gasteiger partial charge < -0.3 is 10.1 Å². The molecule has 0 aliphatic rings. The molecular weight excluding hydrogens is 212 g/mol. The first-order valence-electron chi connectivity index (χ1n) is 5.23. The van der Waals surface area contributed by atoms with Crippen molar-refractivity contribution in [2.24, 2.45) is 0 Å². The Hall–Kier alpha value is -1.16. The number of benzene rings is 1. The smallest absolute Gasteiger partial charge is 0.260 e. The van der Waals surface area contributed by atoms with Gasteiger partial charge in [-0.3, -0.25) is 0 Å². The van der Waals surface area contributed by atoms with Crippen molar-refractivity contribution in [3.8, 4) is 5.75 Å². The van der Waals surface area contributed by atoms with Gasteiger partial charge in [-0.25, -0.2) is 8.78 Å². The minimum atomic E-state index is -2.50. The summed E-state index contributed by atoms with van der Waals surface area (Å²) >= 11 is 0. The first-order chi connectivity index (χ1) is 7.56. The van der Waals surface area contributed by atoms with Gasteiger partial charge in [0, 0.05) is 5.56 Å². The Labute approximate surface area is 94.6 Å². The number of alkyl halides is 2. The summed E-state index contributed by atoms with van der Waals surface area (Å²) in [5.41, 5.74) is -0.893. The van der Waals surface area contributed by atoms with E-state index in [0.717, 1.165) is 0 Å². The summed E-state index contributed by atoms with van der Waals surface area (Å²) in [4.78, 5) is 0. The molecule has 1 atom stereocenters. The zero-order valence-corrected chi connectivity index (χ0v) is 9.76. The van der Waals surface area contributed by atoms with Crippen LogP contribution < -0.4 is 10.1 Å². The summed E-state index contributed by atoms with van der Waals surface area (Å²) < 4.78 is 31.4. The highest BCUT2D eigenvalue weighted by atomic mass is 19.3. The lowest BCUT2D eigenvalue weighted by atomic mass is 9.91. The average Bonchev–Trinajstić information content (AvgIpc) is 2.29. The quantitative estimate of drug-likeness (QED) is 0.838. The van der Waals surface area contributed by atoms with Crippen molar-refractivity contribution >= 4 is 0 Å². The molecule has 0 aliphatic carbocycles. The molecule has 0 radical (unpaired) electrons. The van der Waals surface area contributed by atoms with Crippen molar-refractivity contribution in [3.05, 3.63) is 29.8 Å². The van der Waals surface area contributed by atoms with E-state index >= 15 is 0 Å². The van der Waals surface area contributed by atoms with Crippen LogP contribution in [0.25, 0.3) is 0 Å². The maximum atomic E-state index is 13.2. The van der Waals surface area contributed by atoms with Gasteiger partial charge in [0.05, 0.1) is 7.11 Å². The number of rotatable bonds is 5. The molecule has 0 saturated carbocycles. The molecule has 1 N–H and O–H groups in total. The van der Waals surface area contributed by atoms with E-state index in [2.05, 4.69) is 5.32 Å². The molecule has 1 aromatic carbocycles. The van der Waals surface area contributed by atoms with Gasteiger partial charge in [0.1, 0.15) is 11.3 Å². The lowest BCUT2D eigenvalue weighted by molar-refractivity contribution is 0.0380. The normalized spacial score (nSPS) is 14.9. The zero-order chi connectivity index (χ0) is 12.2. The number of hydrogen-bond acceptors (Lipinski definition) is 2. The molecule has 2 nitrogen and oxygen atoms in total. The standard InChI is InChI=1S/C12H17F2NO/c1-4-15-12(2,11(13)14)9-7-5-6-8-10(9)16-3/h5-8,11,15H,4H2,1-3H3. The van der Waals surface area contributed by atoms with E-state index < -0.39 is 12.0 Å². The van der Waals surface area contributed by atoms with Crippen LogP contribution >= 0.6 is 0 Å². The maximum absolute atomic E-state index is 13.2. The van der Waals surface area contributed by atoms with E-state index in [4.69, 9.17) is 4.74 Å². The van der Waals surface area contributed by atoms with E-state index in [1.807, 2.05) is 0 Å². The molecule has 1 rings (SSSR count). The first kappa shape index (κ1) is 12.9. The minimum absolute atomic E-state index is 0.471. The Morgan fingerprint density at radius 1 is 1.38 bits per heavy atom. The highest BCUT2D eigenvalue weighted by molar-refractivity contribution is 5.39. The van der Waals surface area contributed by atoms with Crippen LogP contribution in [0.1, 0.15) is 19.4 Å². The SMILES string of the molecule is CCNC(C)(c1ccccc1OC)C(F)F. The van der Waals surface area contributed by atoms with Gasteiger partial charge in [-0.1, -0.05) is 25.1 Å². The van der Waals surface area contributed by atoms with Crippen molar-refractivity contribution < 1.29 is 13.5 Å². The molecule has 0 amide bonds. The van der Waals surface area contributed by atoms with Crippen LogP contribution in [0.2, 0.25) is 0 Å². The third-order valence-corrected chi connectivity index (χ3v) is 2.65. The monoisotopic (exact) mass is 229 g/mol. The number of methoxy groups -OCH3 is 1. The van der Waals surface area contributed by atoms with Gasteiger partial charge >= 0.3 is 0 Å². The average molecular weight is 229 g/mol. The number of nitrogens with one attached hydrogen (secondary N) is 1. The molecule has 0 spiro atoms. The largest absolute Gasteiger partial charge is 0.496 e. The molecule has 4 heteroatoms. The fourth-order valence-electron chi connectivity index (χ4n) is 1.73. The van der Waals surface area contributed by atoms with Gasteiger partial charge in [0.15, 0.2) is 0 Å². The van der Waals surface area contributed by atoms with Gasteiger partial charge in [0.2, 0.25) is 0 Å². The molecule has 0 aliphatic heterocycles. The Kier molecular flexibility index (Phi) is 4.24. The second kappa shape index (κ2) is 5.25. The summed E-state index contributed by atoms with van der Waals surface area (Å²) in [6, 6.07) is 6.84. The molecule has 0 bridgehead atoms. The topological polar surface area (TPSA) is 21.3 Å². The number of para-hydroxylation sites is 1. The molecule has 0 saturated heterocycles. The maximum Gasteiger partial charge on any atom is 0.260 e. The molecule has 1 aromatic rings. The van der Waals surface area contributed by atoms with Gasteiger partial charge in [-0.05, 0) is 19.5 Å². The Bertz CT molecular complexity index is 344. The van der Waals surface area contributed by atoms with Crippen molar-refractivity contribution in [2.45, 2.75) is 25.8 Å². The lowest BCUT2D eigenvalue weighted by Gasteiger charge is -2.31. The third-order valence-electron chi connectivity index (χ3n) is 2.65. The lowest BCUT2D eigenvalue weighted by Crippen LogP contribution is -2.45. The zero-order valence-electron chi connectivity index (χ0n) is 9.76. The predicted molar refractivity (Wildman–Crippen MR) is 60.0 cm³/mol. The van der Waals surface area contributed by atoms with Gasteiger partial charge in [-0.15, -0.1) is 0 Å². The molecular formula is C12H17F2NO. The highest BCUT2D eigenvalue weighted by Gasteiger charge is 2.38. The number of halogens is 2. The van der Waals surface area contributed by atoms with Gasteiger partial charge in [0.25, 0.3) is 6.43 Å². The molecule has 0 fully saturated rings. The van der Waals surface area contributed by atoms with E-state index in [9.17, 15) is 8.78 Å². The van der Waals surface area contributed by atoms with Crippen molar-refractivity contribution in [2.75, 3.05) is 13.7 Å². The van der Waals surface area contributed by atoms with Crippen molar-refractivity contribution in [1.82, 2.24) is 5.32 Å². The third kappa shape index (κ3) is 2.32. The molecule has 90 valence electrons. The summed E-state index contributed by atoms with van der Waals surface area (Å²) in [7, 11) is 1.48. The van der Waals surface area contributed by atoms with Crippen LogP contribution in [-0.2, 0) is 5.54 Å². The van der Waals surface area contributed by atoms with Gasteiger partial charge in [-0.2, -0.15) is 0 Å². The van der Waals surface area contributed by atoms with E-state index in [1.165, 1.54) is 14.0 Å². The second-order valence-electron chi connectivity index (χ2n) is 3.73.